The van der Waals surface area contributed by atoms with Gasteiger partial charge >= 0.3 is 0 Å². The molecular formula is C40H30BFN2. The molecule has 2 aliphatic rings. The third kappa shape index (κ3) is 3.48. The number of rotatable bonds is 2. The Hall–Kier alpha value is -5.09. The molecule has 0 spiro atoms. The Morgan fingerprint density at radius 2 is 1.43 bits per heavy atom. The summed E-state index contributed by atoms with van der Waals surface area (Å²) in [6.45, 7) is 8.84. The predicted molar refractivity (Wildman–Crippen MR) is 185 cm³/mol. The van der Waals surface area contributed by atoms with Crippen LogP contribution in [0.25, 0.3) is 49.7 Å². The first kappa shape index (κ1) is 25.4. The number of nitrogens with zero attached hydrogens (tertiary/aromatic N) is 1. The summed E-state index contributed by atoms with van der Waals surface area (Å²) in [6, 6.07) is 36.3. The molecule has 0 amide bonds. The molecule has 0 atom stereocenters. The van der Waals surface area contributed by atoms with Crippen molar-refractivity contribution < 1.29 is 4.39 Å². The number of nitrogens with one attached hydrogen (secondary N) is 1. The highest BCUT2D eigenvalue weighted by Gasteiger charge is 2.40. The monoisotopic (exact) mass is 568 g/mol. The Morgan fingerprint density at radius 3 is 2.27 bits per heavy atom. The fourth-order valence-corrected chi connectivity index (χ4v) is 7.86. The van der Waals surface area contributed by atoms with E-state index in [9.17, 15) is 4.39 Å². The second-order valence-corrected chi connectivity index (χ2v) is 12.7. The van der Waals surface area contributed by atoms with E-state index in [-0.39, 0.29) is 12.5 Å². The molecule has 0 saturated carbocycles. The van der Waals surface area contributed by atoms with Gasteiger partial charge in [-0.25, -0.2) is 4.39 Å². The van der Waals surface area contributed by atoms with Gasteiger partial charge in [-0.3, -0.25) is 0 Å². The normalized spacial score (nSPS) is 12.8. The lowest BCUT2D eigenvalue weighted by atomic mass is 9.33. The topological polar surface area (TPSA) is 17.0 Å². The van der Waals surface area contributed by atoms with Gasteiger partial charge in [0.15, 0.2) is 0 Å². The van der Waals surface area contributed by atoms with Gasteiger partial charge in [0.1, 0.15) is 5.82 Å². The van der Waals surface area contributed by atoms with Gasteiger partial charge in [0.2, 0.25) is 0 Å². The van der Waals surface area contributed by atoms with E-state index in [4.69, 9.17) is 0 Å². The average Bonchev–Trinajstić information content (AvgIpc) is 3.32. The van der Waals surface area contributed by atoms with Crippen molar-refractivity contribution in [2.45, 2.75) is 27.7 Å². The van der Waals surface area contributed by atoms with Crippen LogP contribution in [-0.4, -0.2) is 11.3 Å². The van der Waals surface area contributed by atoms with Crippen LogP contribution in [0.5, 0.6) is 0 Å². The molecule has 1 aromatic heterocycles. The predicted octanol–water partition coefficient (Wildman–Crippen LogP) is 8.38. The van der Waals surface area contributed by atoms with Crippen molar-refractivity contribution in [3.8, 4) is 27.9 Å². The summed E-state index contributed by atoms with van der Waals surface area (Å²) in [5.74, 6) is -0.229. The largest absolute Gasteiger partial charge is 0.356 e. The summed E-state index contributed by atoms with van der Waals surface area (Å²) in [5.41, 5.74) is 19.1. The number of aryl methyl sites for hydroxylation is 4. The molecule has 210 valence electrons. The number of hydrogen-bond acceptors (Lipinski definition) is 1. The van der Waals surface area contributed by atoms with Crippen LogP contribution in [-0.2, 0) is 0 Å². The van der Waals surface area contributed by atoms with Crippen LogP contribution in [0.3, 0.4) is 0 Å². The van der Waals surface area contributed by atoms with Crippen LogP contribution < -0.4 is 21.7 Å². The number of fused-ring (bicyclic) bond motifs is 7. The molecule has 3 heterocycles. The molecule has 2 nitrogen and oxygen atoms in total. The summed E-state index contributed by atoms with van der Waals surface area (Å²) in [6.07, 6.45) is 0. The quantitative estimate of drug-likeness (QED) is 0.207. The Kier molecular flexibility index (Phi) is 5.18. The molecule has 0 bridgehead atoms. The van der Waals surface area contributed by atoms with Gasteiger partial charge in [-0.1, -0.05) is 71.3 Å². The van der Waals surface area contributed by atoms with Crippen LogP contribution in [0.15, 0.2) is 103 Å². The van der Waals surface area contributed by atoms with E-state index in [0.29, 0.717) is 0 Å². The highest BCUT2D eigenvalue weighted by molar-refractivity contribution is 7.00. The molecule has 0 radical (unpaired) electrons. The Morgan fingerprint density at radius 1 is 0.636 bits per heavy atom. The van der Waals surface area contributed by atoms with Gasteiger partial charge in [-0.05, 0) is 115 Å². The minimum atomic E-state index is -0.229. The van der Waals surface area contributed by atoms with Gasteiger partial charge in [-0.2, -0.15) is 0 Å². The number of benzene rings is 6. The molecule has 6 aromatic carbocycles. The van der Waals surface area contributed by atoms with Crippen molar-refractivity contribution in [3.63, 3.8) is 0 Å². The van der Waals surface area contributed by atoms with E-state index >= 15 is 0 Å². The maximum atomic E-state index is 14.6. The van der Waals surface area contributed by atoms with E-state index in [1.807, 2.05) is 6.07 Å². The van der Waals surface area contributed by atoms with Gasteiger partial charge in [-0.15, -0.1) is 0 Å². The third-order valence-electron chi connectivity index (χ3n) is 9.67. The first-order chi connectivity index (χ1) is 21.4. The van der Waals surface area contributed by atoms with E-state index in [2.05, 4.69) is 116 Å². The van der Waals surface area contributed by atoms with E-state index in [1.54, 1.807) is 12.1 Å². The summed E-state index contributed by atoms with van der Waals surface area (Å²) in [4.78, 5) is 0. The average molecular weight is 569 g/mol. The summed E-state index contributed by atoms with van der Waals surface area (Å²) in [5, 5.41) is 6.50. The van der Waals surface area contributed by atoms with Gasteiger partial charge < -0.3 is 9.88 Å². The molecule has 44 heavy (non-hydrogen) atoms. The Labute approximate surface area is 256 Å². The number of aromatic nitrogens is 1. The van der Waals surface area contributed by atoms with E-state index in [1.165, 1.54) is 77.6 Å². The molecule has 9 rings (SSSR count). The molecular weight excluding hydrogens is 538 g/mol. The first-order valence-electron chi connectivity index (χ1n) is 15.3. The lowest BCUT2D eigenvalue weighted by Gasteiger charge is -2.36. The molecule has 0 saturated heterocycles. The van der Waals surface area contributed by atoms with Crippen LogP contribution in [0.4, 0.5) is 15.8 Å². The van der Waals surface area contributed by atoms with Gasteiger partial charge in [0.05, 0.1) is 5.52 Å². The highest BCUT2D eigenvalue weighted by atomic mass is 19.1. The maximum absolute atomic E-state index is 14.6. The van der Waals surface area contributed by atoms with Crippen molar-refractivity contribution in [1.29, 1.82) is 0 Å². The number of hydrogen-bond donors (Lipinski definition) is 1. The molecule has 2 aliphatic heterocycles. The molecule has 1 N–H and O–H groups in total. The van der Waals surface area contributed by atoms with Gasteiger partial charge in [0, 0.05) is 38.9 Å². The van der Waals surface area contributed by atoms with Crippen LogP contribution in [0, 0.1) is 33.5 Å². The van der Waals surface area contributed by atoms with E-state index in [0.717, 1.165) is 28.2 Å². The zero-order valence-corrected chi connectivity index (χ0v) is 25.2. The van der Waals surface area contributed by atoms with Crippen molar-refractivity contribution in [1.82, 2.24) is 4.57 Å². The van der Waals surface area contributed by atoms with Crippen molar-refractivity contribution >= 4 is 56.3 Å². The van der Waals surface area contributed by atoms with Crippen molar-refractivity contribution in [2.24, 2.45) is 0 Å². The smallest absolute Gasteiger partial charge is 0.252 e. The SMILES string of the molecule is Cc1cc2c(c(-c3ccccc3C)c1)Nc1cc(-c3cccc(F)c3)cc3c1B2c1cc(C)cc2c4cc(C)ccc4n-3c12. The standard InChI is InChI=1S/C40H30BFN2/c1-22-12-13-36-30(14-22)32-16-24(3)18-34-40(32)44(36)37-21-27(26-9-7-10-28(42)19-26)20-35-38(37)41(34)33-17-23(2)15-31(39(33)43-35)29-11-6-5-8-25(29)4/h5-21,43H,1-4H3. The zero-order chi connectivity index (χ0) is 29.9. The minimum Gasteiger partial charge on any atom is -0.356 e. The molecule has 0 fully saturated rings. The summed E-state index contributed by atoms with van der Waals surface area (Å²) < 4.78 is 17.0. The van der Waals surface area contributed by atoms with Gasteiger partial charge in [0.25, 0.3) is 6.71 Å². The molecule has 7 aromatic rings. The second-order valence-electron chi connectivity index (χ2n) is 12.7. The molecule has 4 heteroatoms. The third-order valence-corrected chi connectivity index (χ3v) is 9.67. The highest BCUT2D eigenvalue weighted by Crippen LogP contribution is 2.41. The zero-order valence-electron chi connectivity index (χ0n) is 25.2. The fraction of sp³-hybridized carbons (Fsp3) is 0.100. The molecule has 0 aliphatic carbocycles. The molecule has 0 unspecified atom stereocenters. The second kappa shape index (κ2) is 8.97. The summed E-state index contributed by atoms with van der Waals surface area (Å²) in [7, 11) is 0. The maximum Gasteiger partial charge on any atom is 0.252 e. The van der Waals surface area contributed by atoms with E-state index < -0.39 is 0 Å². The van der Waals surface area contributed by atoms with Crippen molar-refractivity contribution in [2.75, 3.05) is 5.32 Å². The van der Waals surface area contributed by atoms with Crippen LogP contribution in [0.1, 0.15) is 22.3 Å². The fourth-order valence-electron chi connectivity index (χ4n) is 7.86. The lowest BCUT2D eigenvalue weighted by molar-refractivity contribution is 0.628. The van der Waals surface area contributed by atoms with Crippen molar-refractivity contribution in [3.05, 3.63) is 131 Å². The lowest BCUT2D eigenvalue weighted by Crippen LogP contribution is -2.59. The number of halogens is 1. The Balaban J connectivity index is 1.46. The van der Waals surface area contributed by atoms with Crippen LogP contribution >= 0.6 is 0 Å². The first-order valence-corrected chi connectivity index (χ1v) is 15.3. The Bertz CT molecular complexity index is 2380. The summed E-state index contributed by atoms with van der Waals surface area (Å²) >= 11 is 0. The minimum absolute atomic E-state index is 0.0563. The van der Waals surface area contributed by atoms with Crippen LogP contribution in [0.2, 0.25) is 0 Å². The number of anilines is 2.